The van der Waals surface area contributed by atoms with Crippen LogP contribution in [0.3, 0.4) is 0 Å². The molecule has 0 spiro atoms. The summed E-state index contributed by atoms with van der Waals surface area (Å²) in [5.74, 6) is -0.321. The predicted molar refractivity (Wildman–Crippen MR) is 61.7 cm³/mol. The third-order valence-electron chi connectivity index (χ3n) is 2.04. The van der Waals surface area contributed by atoms with E-state index in [9.17, 15) is 8.78 Å². The van der Waals surface area contributed by atoms with Crippen LogP contribution in [0.5, 0.6) is 5.75 Å². The molecule has 0 aliphatic heterocycles. The van der Waals surface area contributed by atoms with Gasteiger partial charge in [-0.05, 0) is 17.7 Å². The zero-order valence-corrected chi connectivity index (χ0v) is 12.5. The number of hydrogen-bond donors (Lipinski definition) is 0. The van der Waals surface area contributed by atoms with Crippen molar-refractivity contribution in [2.75, 3.05) is 0 Å². The van der Waals surface area contributed by atoms with Crippen molar-refractivity contribution >= 4 is 23.1 Å². The molecule has 0 bridgehead atoms. The molecule has 5 heteroatoms. The van der Waals surface area contributed by atoms with Crippen molar-refractivity contribution in [1.29, 1.82) is 0 Å². The van der Waals surface area contributed by atoms with E-state index in [1.807, 2.05) is 0 Å². The van der Waals surface area contributed by atoms with Crippen LogP contribution in [0.25, 0.3) is 0 Å². The Bertz CT molecular complexity index is 477. The van der Waals surface area contributed by atoms with E-state index in [2.05, 4.69) is 6.07 Å². The Hall–Kier alpha value is -0.654. The summed E-state index contributed by atoms with van der Waals surface area (Å²) in [4.78, 5) is 0. The Morgan fingerprint density at radius 2 is 1.67 bits per heavy atom. The molecule has 0 aliphatic carbocycles. The molecule has 2 aromatic carbocycles. The maximum Gasteiger partial charge on any atom is 2.00 e. The van der Waals surface area contributed by atoms with Crippen molar-refractivity contribution in [3.63, 3.8) is 0 Å². The zero-order valence-electron chi connectivity index (χ0n) is 9.50. The van der Waals surface area contributed by atoms with Gasteiger partial charge >= 0.3 is 23.1 Å². The normalized spacial score (nSPS) is 9.00. The first-order valence-corrected chi connectivity index (χ1v) is 4.78. The average Bonchev–Trinajstić information content (AvgIpc) is 2.28. The van der Waals surface area contributed by atoms with E-state index in [1.165, 1.54) is 30.3 Å². The van der Waals surface area contributed by atoms with E-state index in [4.69, 9.17) is 4.74 Å². The molecule has 2 aromatic rings. The molecule has 0 fully saturated rings. The molecule has 0 aliphatic rings. The van der Waals surface area contributed by atoms with Crippen LogP contribution >= 0.6 is 0 Å². The number of hydrogen-bond acceptors (Lipinski definition) is 1. The summed E-state index contributed by atoms with van der Waals surface area (Å²) in [6, 6.07) is 12.7. The van der Waals surface area contributed by atoms with Crippen LogP contribution in [-0.2, 0) is 6.61 Å². The van der Waals surface area contributed by atoms with Gasteiger partial charge < -0.3 is 21.7 Å². The molecule has 0 amide bonds. The molecule has 0 radical (unpaired) electrons. The second-order valence-corrected chi connectivity index (χ2v) is 3.29. The largest absolute Gasteiger partial charge is 2.00 e. The minimum atomic E-state index is -0.368. The Kier molecular flexibility index (Phi) is 8.14. The first-order valence-electron chi connectivity index (χ1n) is 4.78. The Labute approximate surface area is 131 Å². The van der Waals surface area contributed by atoms with Crippen molar-refractivity contribution in [3.8, 4) is 5.75 Å². The van der Waals surface area contributed by atoms with Gasteiger partial charge in [0, 0.05) is 11.6 Å². The summed E-state index contributed by atoms with van der Waals surface area (Å²) < 4.78 is 30.7. The second-order valence-electron chi connectivity index (χ2n) is 3.29. The monoisotopic (exact) mass is 322 g/mol. The summed E-state index contributed by atoms with van der Waals surface area (Å²) in [6.45, 7) is 0.264. The quantitative estimate of drug-likeness (QED) is 0.569. The molecule has 0 saturated heterocycles. The summed E-state index contributed by atoms with van der Waals surface area (Å²) in [5, 5.41) is 0. The Morgan fingerprint density at radius 3 is 2.28 bits per heavy atom. The van der Waals surface area contributed by atoms with Crippen molar-refractivity contribution < 1.29 is 30.5 Å². The van der Waals surface area contributed by atoms with Gasteiger partial charge in [-0.1, -0.05) is 18.2 Å². The van der Waals surface area contributed by atoms with Gasteiger partial charge in [-0.25, -0.2) is 8.78 Å². The van der Waals surface area contributed by atoms with E-state index in [-0.39, 0.29) is 58.3 Å². The molecule has 0 unspecified atom stereocenters. The van der Waals surface area contributed by atoms with Gasteiger partial charge in [0.15, 0.2) is 0 Å². The SMILES string of the molecule is Fc1ccc(COc2[c-]ccc(F)c2)cc1.[Br-].[Mg+2]. The molecule has 2 rings (SSSR count). The summed E-state index contributed by atoms with van der Waals surface area (Å²) in [7, 11) is 0. The minimum absolute atomic E-state index is 0. The van der Waals surface area contributed by atoms with Crippen LogP contribution in [-0.4, -0.2) is 23.1 Å². The molecule has 0 N–H and O–H groups in total. The van der Waals surface area contributed by atoms with Crippen molar-refractivity contribution in [3.05, 3.63) is 65.7 Å². The van der Waals surface area contributed by atoms with Gasteiger partial charge in [-0.3, -0.25) is 0 Å². The molecule has 0 atom stereocenters. The fraction of sp³-hybridized carbons (Fsp3) is 0.0769. The summed E-state index contributed by atoms with van der Waals surface area (Å²) >= 11 is 0. The maximum atomic E-state index is 12.8. The van der Waals surface area contributed by atoms with Gasteiger partial charge in [0.05, 0.1) is 0 Å². The fourth-order valence-electron chi connectivity index (χ4n) is 1.24. The molecule has 18 heavy (non-hydrogen) atoms. The molecule has 1 nitrogen and oxygen atoms in total. The van der Waals surface area contributed by atoms with Crippen molar-refractivity contribution in [2.45, 2.75) is 6.61 Å². The van der Waals surface area contributed by atoms with E-state index in [1.54, 1.807) is 12.1 Å². The van der Waals surface area contributed by atoms with E-state index >= 15 is 0 Å². The topological polar surface area (TPSA) is 9.23 Å². The third-order valence-corrected chi connectivity index (χ3v) is 2.04. The molecular weight excluding hydrogens is 314 g/mol. The Morgan fingerprint density at radius 1 is 1.00 bits per heavy atom. The fourth-order valence-corrected chi connectivity index (χ4v) is 1.24. The van der Waals surface area contributed by atoms with Crippen LogP contribution in [0.1, 0.15) is 5.56 Å². The zero-order chi connectivity index (χ0) is 11.4. The van der Waals surface area contributed by atoms with Crippen LogP contribution in [0.2, 0.25) is 0 Å². The van der Waals surface area contributed by atoms with Gasteiger partial charge in [-0.15, -0.1) is 12.1 Å². The van der Waals surface area contributed by atoms with Crippen molar-refractivity contribution in [2.24, 2.45) is 0 Å². The third kappa shape index (κ3) is 5.33. The van der Waals surface area contributed by atoms with E-state index in [0.29, 0.717) is 5.75 Å². The summed E-state index contributed by atoms with van der Waals surface area (Å²) in [5.41, 5.74) is 0.819. The van der Waals surface area contributed by atoms with Crippen LogP contribution in [0, 0.1) is 17.7 Å². The van der Waals surface area contributed by atoms with Crippen LogP contribution in [0.4, 0.5) is 8.78 Å². The maximum absolute atomic E-state index is 12.8. The van der Waals surface area contributed by atoms with Crippen LogP contribution in [0.15, 0.2) is 42.5 Å². The molecule has 0 heterocycles. The van der Waals surface area contributed by atoms with Gasteiger partial charge in [0.2, 0.25) is 0 Å². The average molecular weight is 323 g/mol. The van der Waals surface area contributed by atoms with Gasteiger partial charge in [0.25, 0.3) is 0 Å². The smallest absolute Gasteiger partial charge is 1.00 e. The number of benzene rings is 2. The number of rotatable bonds is 3. The standard InChI is InChI=1S/C13H9F2O.BrH.Mg/c14-11-6-4-10(5-7-11)9-16-13-3-1-2-12(15)8-13;;/h1-2,4-8H,9H2;1H;/q-1;;+2/p-1. The molecule has 90 valence electrons. The predicted octanol–water partition coefficient (Wildman–Crippen LogP) is -0.0328. The molecule has 0 aromatic heterocycles. The summed E-state index contributed by atoms with van der Waals surface area (Å²) in [6.07, 6.45) is 0. The van der Waals surface area contributed by atoms with E-state index < -0.39 is 0 Å². The molecule has 0 saturated carbocycles. The van der Waals surface area contributed by atoms with Gasteiger partial charge in [-0.2, -0.15) is 6.07 Å². The number of ether oxygens (including phenoxy) is 1. The number of halogens is 3. The Balaban J connectivity index is 0.00000144. The molecular formula is C13H9BrF2MgO. The van der Waals surface area contributed by atoms with Gasteiger partial charge in [0.1, 0.15) is 12.4 Å². The van der Waals surface area contributed by atoms with E-state index in [0.717, 1.165) is 5.56 Å². The minimum Gasteiger partial charge on any atom is -1.00 e. The first kappa shape index (κ1) is 17.3. The van der Waals surface area contributed by atoms with Crippen molar-refractivity contribution in [1.82, 2.24) is 0 Å². The first-order chi connectivity index (χ1) is 7.74. The van der Waals surface area contributed by atoms with Crippen LogP contribution < -0.4 is 21.7 Å². The second kappa shape index (κ2) is 8.45.